The largest absolute Gasteiger partial charge is 0.496 e. The third-order valence-corrected chi connectivity index (χ3v) is 5.10. The van der Waals surface area contributed by atoms with Gasteiger partial charge in [-0.05, 0) is 38.9 Å². The number of aliphatic imine (C=N–C) groups is 1. The number of methoxy groups -OCH3 is 1. The lowest BCUT2D eigenvalue weighted by Gasteiger charge is -2.26. The lowest BCUT2D eigenvalue weighted by Crippen LogP contribution is -2.40. The van der Waals surface area contributed by atoms with Gasteiger partial charge in [-0.3, -0.25) is 4.90 Å². The van der Waals surface area contributed by atoms with E-state index in [1.165, 1.54) is 5.56 Å². The molecular weight excluding hydrogens is 483 g/mol. The van der Waals surface area contributed by atoms with Crippen LogP contribution in [0.4, 0.5) is 0 Å². The van der Waals surface area contributed by atoms with Gasteiger partial charge >= 0.3 is 0 Å². The van der Waals surface area contributed by atoms with E-state index in [-0.39, 0.29) is 30.1 Å². The summed E-state index contributed by atoms with van der Waals surface area (Å²) in [6.07, 6.45) is 2.24. The normalized spacial score (nSPS) is 19.1. The second-order valence-electron chi connectivity index (χ2n) is 7.33. The third kappa shape index (κ3) is 7.18. The summed E-state index contributed by atoms with van der Waals surface area (Å²) in [6, 6.07) is 4.16. The summed E-state index contributed by atoms with van der Waals surface area (Å²) < 4.78 is 16.9. The Labute approximate surface area is 191 Å². The quantitative estimate of drug-likeness (QED) is 0.239. The molecule has 7 nitrogen and oxygen atoms in total. The first-order valence-corrected chi connectivity index (χ1v) is 10.4. The fraction of sp³-hybridized carbons (Fsp3) is 0.667. The Kier molecular flexibility index (Phi) is 10.3. The molecule has 0 aliphatic carbocycles. The average molecular weight is 518 g/mol. The fourth-order valence-electron chi connectivity index (χ4n) is 3.64. The van der Waals surface area contributed by atoms with Crippen LogP contribution in [0.25, 0.3) is 0 Å². The number of hydrogen-bond acceptors (Lipinski definition) is 5. The van der Waals surface area contributed by atoms with E-state index in [2.05, 4.69) is 41.5 Å². The van der Waals surface area contributed by atoms with Gasteiger partial charge in [0, 0.05) is 43.7 Å². The molecule has 29 heavy (non-hydrogen) atoms. The van der Waals surface area contributed by atoms with E-state index in [9.17, 15) is 0 Å². The van der Waals surface area contributed by atoms with Crippen molar-refractivity contribution in [2.75, 3.05) is 53.0 Å². The van der Waals surface area contributed by atoms with Gasteiger partial charge in [0.2, 0.25) is 0 Å². The molecule has 2 N–H and O–H groups in total. The fourth-order valence-corrected chi connectivity index (χ4v) is 3.64. The molecule has 1 fully saturated rings. The van der Waals surface area contributed by atoms with Crippen molar-refractivity contribution in [3.8, 4) is 11.5 Å². The predicted molar refractivity (Wildman–Crippen MR) is 127 cm³/mol. The van der Waals surface area contributed by atoms with E-state index in [0.29, 0.717) is 6.54 Å². The SMILES string of the molecule is CCNC(=NCc1cc2c(cc1OC)CC(C)O2)NCCCN1CCOCC1.I. The molecular formula is C21H35IN4O3. The van der Waals surface area contributed by atoms with Crippen molar-refractivity contribution in [3.05, 3.63) is 23.3 Å². The van der Waals surface area contributed by atoms with Gasteiger partial charge in [0.1, 0.15) is 17.6 Å². The second kappa shape index (κ2) is 12.4. The Morgan fingerprint density at radius 1 is 1.28 bits per heavy atom. The molecule has 0 bridgehead atoms. The Morgan fingerprint density at radius 2 is 2.07 bits per heavy atom. The number of morpholine rings is 1. The average Bonchev–Trinajstić information content (AvgIpc) is 3.08. The van der Waals surface area contributed by atoms with Crippen LogP contribution in [0.15, 0.2) is 17.1 Å². The zero-order valence-electron chi connectivity index (χ0n) is 17.8. The van der Waals surface area contributed by atoms with E-state index in [0.717, 1.165) is 81.8 Å². The van der Waals surface area contributed by atoms with Crippen molar-refractivity contribution in [2.45, 2.75) is 39.3 Å². The molecule has 1 saturated heterocycles. The van der Waals surface area contributed by atoms with Crippen LogP contribution in [0.5, 0.6) is 11.5 Å². The number of fused-ring (bicyclic) bond motifs is 1. The summed E-state index contributed by atoms with van der Waals surface area (Å²) >= 11 is 0. The topological polar surface area (TPSA) is 67.4 Å². The zero-order valence-corrected chi connectivity index (χ0v) is 20.2. The van der Waals surface area contributed by atoms with Gasteiger partial charge in [0.05, 0.1) is 26.9 Å². The maximum Gasteiger partial charge on any atom is 0.191 e. The van der Waals surface area contributed by atoms with Gasteiger partial charge in [-0.25, -0.2) is 4.99 Å². The Morgan fingerprint density at radius 3 is 2.79 bits per heavy atom. The van der Waals surface area contributed by atoms with Gasteiger partial charge in [0.25, 0.3) is 0 Å². The van der Waals surface area contributed by atoms with E-state index >= 15 is 0 Å². The first-order chi connectivity index (χ1) is 13.7. The number of rotatable bonds is 8. The second-order valence-corrected chi connectivity index (χ2v) is 7.33. The van der Waals surface area contributed by atoms with Crippen molar-refractivity contribution in [2.24, 2.45) is 4.99 Å². The minimum Gasteiger partial charge on any atom is -0.496 e. The molecule has 0 radical (unpaired) electrons. The van der Waals surface area contributed by atoms with Gasteiger partial charge in [-0.1, -0.05) is 0 Å². The monoisotopic (exact) mass is 518 g/mol. The van der Waals surface area contributed by atoms with Crippen LogP contribution in [-0.4, -0.2) is 70.0 Å². The molecule has 1 aromatic rings. The number of guanidine groups is 1. The minimum absolute atomic E-state index is 0. The van der Waals surface area contributed by atoms with Crippen LogP contribution in [0.3, 0.4) is 0 Å². The molecule has 2 aliphatic rings. The first-order valence-electron chi connectivity index (χ1n) is 10.4. The van der Waals surface area contributed by atoms with E-state index in [1.807, 2.05) is 0 Å². The highest BCUT2D eigenvalue weighted by Gasteiger charge is 2.21. The van der Waals surface area contributed by atoms with Crippen molar-refractivity contribution in [3.63, 3.8) is 0 Å². The summed E-state index contributed by atoms with van der Waals surface area (Å²) in [5.74, 6) is 2.67. The molecule has 1 atom stereocenters. The Hall–Kier alpha value is -1.26. The number of halogens is 1. The smallest absolute Gasteiger partial charge is 0.191 e. The molecule has 0 spiro atoms. The summed E-state index contributed by atoms with van der Waals surface area (Å²) in [7, 11) is 1.71. The van der Waals surface area contributed by atoms with Crippen LogP contribution in [0.1, 0.15) is 31.4 Å². The zero-order chi connectivity index (χ0) is 19.8. The molecule has 0 saturated carbocycles. The highest BCUT2D eigenvalue weighted by Crippen LogP contribution is 2.35. The van der Waals surface area contributed by atoms with Gasteiger partial charge < -0.3 is 24.8 Å². The predicted octanol–water partition coefficient (Wildman–Crippen LogP) is 2.41. The summed E-state index contributed by atoms with van der Waals surface area (Å²) in [5, 5.41) is 6.76. The highest BCUT2D eigenvalue weighted by atomic mass is 127. The molecule has 164 valence electrons. The standard InChI is InChI=1S/C21H34N4O3.HI/c1-4-22-21(23-6-5-7-25-8-10-27-11-9-25)24-15-18-14-20-17(12-16(2)28-20)13-19(18)26-3;/h13-14,16H,4-12,15H2,1-3H3,(H2,22,23,24);1H. The molecule has 8 heteroatoms. The molecule has 2 heterocycles. The van der Waals surface area contributed by atoms with Gasteiger partial charge in [0.15, 0.2) is 5.96 Å². The molecule has 0 aromatic heterocycles. The molecule has 3 rings (SSSR count). The first kappa shape index (κ1) is 24.0. The minimum atomic E-state index is 0. The maximum absolute atomic E-state index is 5.89. The third-order valence-electron chi connectivity index (χ3n) is 5.10. The van der Waals surface area contributed by atoms with Crippen LogP contribution < -0.4 is 20.1 Å². The number of ether oxygens (including phenoxy) is 3. The number of hydrogen-bond donors (Lipinski definition) is 2. The highest BCUT2D eigenvalue weighted by molar-refractivity contribution is 14.0. The maximum atomic E-state index is 5.89. The molecule has 1 unspecified atom stereocenters. The number of nitrogens with one attached hydrogen (secondary N) is 2. The van der Waals surface area contributed by atoms with Crippen LogP contribution >= 0.6 is 24.0 Å². The van der Waals surface area contributed by atoms with Gasteiger partial charge in [-0.2, -0.15) is 0 Å². The van der Waals surface area contributed by atoms with Crippen LogP contribution in [-0.2, 0) is 17.7 Å². The number of benzene rings is 1. The number of nitrogens with zero attached hydrogens (tertiary/aromatic N) is 2. The van der Waals surface area contributed by atoms with Crippen molar-refractivity contribution in [1.29, 1.82) is 0 Å². The Bertz CT molecular complexity index is 666. The van der Waals surface area contributed by atoms with Gasteiger partial charge in [-0.15, -0.1) is 24.0 Å². The van der Waals surface area contributed by atoms with E-state index < -0.39 is 0 Å². The van der Waals surface area contributed by atoms with Crippen molar-refractivity contribution >= 4 is 29.9 Å². The summed E-state index contributed by atoms with van der Waals surface area (Å²) in [5.41, 5.74) is 2.26. The molecule has 0 amide bonds. The lowest BCUT2D eigenvalue weighted by molar-refractivity contribution is 0.0376. The van der Waals surface area contributed by atoms with Crippen LogP contribution in [0.2, 0.25) is 0 Å². The lowest BCUT2D eigenvalue weighted by atomic mass is 10.1. The summed E-state index contributed by atoms with van der Waals surface area (Å²) in [6.45, 7) is 11.3. The van der Waals surface area contributed by atoms with Crippen LogP contribution in [0, 0.1) is 0 Å². The van der Waals surface area contributed by atoms with Crippen molar-refractivity contribution < 1.29 is 14.2 Å². The Balaban J connectivity index is 0.00000300. The molecule has 2 aliphatic heterocycles. The van der Waals surface area contributed by atoms with Crippen molar-refractivity contribution in [1.82, 2.24) is 15.5 Å². The van der Waals surface area contributed by atoms with E-state index in [1.54, 1.807) is 7.11 Å². The molecule has 1 aromatic carbocycles. The summed E-state index contributed by atoms with van der Waals surface area (Å²) in [4.78, 5) is 7.20. The van der Waals surface area contributed by atoms with E-state index in [4.69, 9.17) is 19.2 Å².